The Kier molecular flexibility index (Phi) is 7.11. The summed E-state index contributed by atoms with van der Waals surface area (Å²) in [6, 6.07) is 3.17. The predicted octanol–water partition coefficient (Wildman–Crippen LogP) is 1.04. The monoisotopic (exact) mass is 325 g/mol. The average molecular weight is 325 g/mol. The van der Waals surface area contributed by atoms with E-state index in [0.29, 0.717) is 0 Å². The third-order valence-electron chi connectivity index (χ3n) is 2.50. The first-order chi connectivity index (χ1) is 10.8. The molecule has 8 nitrogen and oxygen atoms in total. The molecule has 0 aromatic carbocycles. The fraction of sp³-hybridized carbons (Fsp3) is 0.533. The Balaban J connectivity index is 2.06. The molecule has 0 radical (unpaired) electrons. The van der Waals surface area contributed by atoms with Crippen LogP contribution in [0.5, 0.6) is 0 Å². The highest BCUT2D eigenvalue weighted by Crippen LogP contribution is 2.06. The number of nitrogens with one attached hydrogen (secondary N) is 3. The lowest BCUT2D eigenvalue weighted by molar-refractivity contribution is -0.120. The van der Waals surface area contributed by atoms with Gasteiger partial charge in [-0.2, -0.15) is 0 Å². The highest BCUT2D eigenvalue weighted by atomic mass is 16.6. The number of furan rings is 1. The molecule has 128 valence electrons. The maximum atomic E-state index is 11.5. The molecule has 3 N–H and O–H groups in total. The van der Waals surface area contributed by atoms with Crippen LogP contribution in [0, 0.1) is 0 Å². The molecule has 3 amide bonds. The van der Waals surface area contributed by atoms with Gasteiger partial charge in [-0.15, -0.1) is 0 Å². The topological polar surface area (TPSA) is 110 Å². The number of rotatable bonds is 7. The summed E-state index contributed by atoms with van der Waals surface area (Å²) >= 11 is 0. The van der Waals surface area contributed by atoms with E-state index in [1.807, 2.05) is 0 Å². The van der Waals surface area contributed by atoms with Gasteiger partial charge in [0.05, 0.1) is 6.26 Å². The zero-order valence-electron chi connectivity index (χ0n) is 13.6. The number of alkyl carbamates (subject to hydrolysis) is 1. The van der Waals surface area contributed by atoms with Crippen molar-refractivity contribution in [1.82, 2.24) is 16.0 Å². The van der Waals surface area contributed by atoms with Crippen LogP contribution in [0.1, 0.15) is 37.7 Å². The molecule has 0 aliphatic heterocycles. The minimum absolute atomic E-state index is 0.130. The lowest BCUT2D eigenvalue weighted by Gasteiger charge is -2.19. The Hall–Kier alpha value is -2.51. The first-order valence-corrected chi connectivity index (χ1v) is 7.33. The van der Waals surface area contributed by atoms with Crippen LogP contribution in [0.25, 0.3) is 0 Å². The number of hydrogen-bond donors (Lipinski definition) is 3. The summed E-state index contributed by atoms with van der Waals surface area (Å²) in [7, 11) is 0. The van der Waals surface area contributed by atoms with E-state index in [1.165, 1.54) is 6.26 Å². The Bertz CT molecular complexity index is 520. The summed E-state index contributed by atoms with van der Waals surface area (Å²) < 4.78 is 9.97. The van der Waals surface area contributed by atoms with Crippen LogP contribution in [-0.4, -0.2) is 43.1 Å². The number of hydrogen-bond acceptors (Lipinski definition) is 5. The van der Waals surface area contributed by atoms with Gasteiger partial charge in [0, 0.05) is 26.1 Å². The second-order valence-corrected chi connectivity index (χ2v) is 5.76. The molecule has 0 aliphatic rings. The van der Waals surface area contributed by atoms with E-state index in [-0.39, 0.29) is 43.6 Å². The van der Waals surface area contributed by atoms with Crippen molar-refractivity contribution in [3.63, 3.8) is 0 Å². The van der Waals surface area contributed by atoms with Crippen molar-refractivity contribution in [3.8, 4) is 0 Å². The molecule has 0 saturated carbocycles. The molecule has 0 aliphatic carbocycles. The molecule has 23 heavy (non-hydrogen) atoms. The van der Waals surface area contributed by atoms with Crippen LogP contribution >= 0.6 is 0 Å². The number of ether oxygens (including phenoxy) is 1. The third-order valence-corrected chi connectivity index (χ3v) is 2.50. The summed E-state index contributed by atoms with van der Waals surface area (Å²) in [6.07, 6.45) is 0.982. The van der Waals surface area contributed by atoms with Crippen molar-refractivity contribution in [1.29, 1.82) is 0 Å². The molecule has 1 aromatic rings. The minimum Gasteiger partial charge on any atom is -0.459 e. The lowest BCUT2D eigenvalue weighted by Crippen LogP contribution is -2.37. The molecule has 1 aromatic heterocycles. The Morgan fingerprint density at radius 1 is 1.09 bits per heavy atom. The van der Waals surface area contributed by atoms with Gasteiger partial charge in [-0.05, 0) is 32.9 Å². The number of amides is 3. The average Bonchev–Trinajstić information content (AvgIpc) is 2.95. The van der Waals surface area contributed by atoms with Gasteiger partial charge in [-0.1, -0.05) is 0 Å². The Morgan fingerprint density at radius 2 is 1.78 bits per heavy atom. The van der Waals surface area contributed by atoms with Crippen molar-refractivity contribution in [2.75, 3.05) is 19.6 Å². The van der Waals surface area contributed by atoms with Crippen molar-refractivity contribution < 1.29 is 23.5 Å². The van der Waals surface area contributed by atoms with Crippen LogP contribution in [0.3, 0.4) is 0 Å². The smallest absolute Gasteiger partial charge is 0.407 e. The third kappa shape index (κ3) is 8.50. The Labute approximate surface area is 134 Å². The van der Waals surface area contributed by atoms with Crippen molar-refractivity contribution in [2.24, 2.45) is 0 Å². The zero-order chi connectivity index (χ0) is 17.3. The lowest BCUT2D eigenvalue weighted by atomic mass is 10.2. The number of carbonyl (C=O) groups excluding carboxylic acids is 3. The summed E-state index contributed by atoms with van der Waals surface area (Å²) in [4.78, 5) is 34.4. The molecule has 8 heteroatoms. The summed E-state index contributed by atoms with van der Waals surface area (Å²) in [6.45, 7) is 6.03. The quantitative estimate of drug-likeness (QED) is 0.649. The van der Waals surface area contributed by atoms with E-state index in [1.54, 1.807) is 32.9 Å². The summed E-state index contributed by atoms with van der Waals surface area (Å²) in [5.41, 5.74) is -0.571. The fourth-order valence-corrected chi connectivity index (χ4v) is 1.55. The molecule has 1 heterocycles. The van der Waals surface area contributed by atoms with E-state index in [4.69, 9.17) is 9.15 Å². The van der Waals surface area contributed by atoms with Gasteiger partial charge in [-0.3, -0.25) is 9.59 Å². The number of carbonyl (C=O) groups is 3. The van der Waals surface area contributed by atoms with Crippen molar-refractivity contribution in [2.45, 2.75) is 32.8 Å². The molecule has 0 atom stereocenters. The van der Waals surface area contributed by atoms with Gasteiger partial charge in [0.1, 0.15) is 5.60 Å². The summed E-state index contributed by atoms with van der Waals surface area (Å²) in [5, 5.41) is 7.73. The SMILES string of the molecule is CC(C)(C)OC(=O)NCCC(=O)NCCNC(=O)c1ccco1. The molecular formula is C15H23N3O5. The van der Waals surface area contributed by atoms with Gasteiger partial charge >= 0.3 is 6.09 Å². The molecule has 0 bridgehead atoms. The molecular weight excluding hydrogens is 302 g/mol. The van der Waals surface area contributed by atoms with Crippen LogP contribution in [-0.2, 0) is 9.53 Å². The Morgan fingerprint density at radius 3 is 2.39 bits per heavy atom. The molecule has 0 saturated heterocycles. The predicted molar refractivity (Wildman–Crippen MR) is 82.9 cm³/mol. The van der Waals surface area contributed by atoms with Gasteiger partial charge < -0.3 is 25.1 Å². The van der Waals surface area contributed by atoms with Crippen LogP contribution in [0.4, 0.5) is 4.79 Å². The first-order valence-electron chi connectivity index (χ1n) is 7.33. The van der Waals surface area contributed by atoms with E-state index in [0.717, 1.165) is 0 Å². The van der Waals surface area contributed by atoms with E-state index >= 15 is 0 Å². The fourth-order valence-electron chi connectivity index (χ4n) is 1.55. The second kappa shape index (κ2) is 8.82. The minimum atomic E-state index is -0.571. The molecule has 0 fully saturated rings. The van der Waals surface area contributed by atoms with E-state index in [9.17, 15) is 14.4 Å². The molecule has 1 rings (SSSR count). The maximum Gasteiger partial charge on any atom is 0.407 e. The van der Waals surface area contributed by atoms with Gasteiger partial charge in [-0.25, -0.2) is 4.79 Å². The largest absolute Gasteiger partial charge is 0.459 e. The van der Waals surface area contributed by atoms with Gasteiger partial charge in [0.25, 0.3) is 5.91 Å². The van der Waals surface area contributed by atoms with E-state index < -0.39 is 11.7 Å². The second-order valence-electron chi connectivity index (χ2n) is 5.76. The highest BCUT2D eigenvalue weighted by molar-refractivity contribution is 5.91. The van der Waals surface area contributed by atoms with Gasteiger partial charge in [0.2, 0.25) is 5.91 Å². The van der Waals surface area contributed by atoms with Crippen molar-refractivity contribution >= 4 is 17.9 Å². The first kappa shape index (κ1) is 18.5. The normalized spacial score (nSPS) is 10.7. The zero-order valence-corrected chi connectivity index (χ0v) is 13.6. The molecule has 0 spiro atoms. The van der Waals surface area contributed by atoms with E-state index in [2.05, 4.69) is 16.0 Å². The molecule has 0 unspecified atom stereocenters. The summed E-state index contributed by atoms with van der Waals surface area (Å²) in [5.74, 6) is -0.345. The van der Waals surface area contributed by atoms with Crippen LogP contribution in [0.2, 0.25) is 0 Å². The van der Waals surface area contributed by atoms with Crippen LogP contribution < -0.4 is 16.0 Å². The standard InChI is InChI=1S/C15H23N3O5/c1-15(2,3)23-14(21)18-7-6-12(19)16-8-9-17-13(20)11-5-4-10-22-11/h4-5,10H,6-9H2,1-3H3,(H,16,19)(H,17,20)(H,18,21). The maximum absolute atomic E-state index is 11.5. The van der Waals surface area contributed by atoms with Gasteiger partial charge in [0.15, 0.2) is 5.76 Å². The highest BCUT2D eigenvalue weighted by Gasteiger charge is 2.15. The van der Waals surface area contributed by atoms with Crippen LogP contribution in [0.15, 0.2) is 22.8 Å². The van der Waals surface area contributed by atoms with Crippen molar-refractivity contribution in [3.05, 3.63) is 24.2 Å².